The van der Waals surface area contributed by atoms with Crippen molar-refractivity contribution in [2.24, 2.45) is 16.3 Å². The second-order valence-corrected chi connectivity index (χ2v) is 7.62. The van der Waals surface area contributed by atoms with Gasteiger partial charge in [-0.3, -0.25) is 9.79 Å². The van der Waals surface area contributed by atoms with Crippen LogP contribution in [0.4, 0.5) is 0 Å². The fourth-order valence-electron chi connectivity index (χ4n) is 3.76. The molecule has 0 amide bonds. The second kappa shape index (κ2) is 8.88. The lowest BCUT2D eigenvalue weighted by Crippen LogP contribution is -2.69. The molecule has 0 aromatic rings. The zero-order valence-electron chi connectivity index (χ0n) is 16.4. The van der Waals surface area contributed by atoms with E-state index in [2.05, 4.69) is 36.0 Å². The first kappa shape index (κ1) is 22.5. The number of esters is 1. The van der Waals surface area contributed by atoms with E-state index in [1.807, 2.05) is 14.0 Å². The van der Waals surface area contributed by atoms with Crippen molar-refractivity contribution >= 4 is 35.9 Å². The second-order valence-electron chi connectivity index (χ2n) is 7.62. The largest absolute Gasteiger partial charge is 0.466 e. The summed E-state index contributed by atoms with van der Waals surface area (Å²) in [6, 6.07) is 0.337. The minimum atomic E-state index is -0.0968. The molecule has 0 aromatic carbocycles. The van der Waals surface area contributed by atoms with Crippen molar-refractivity contribution in [3.05, 3.63) is 0 Å². The van der Waals surface area contributed by atoms with Crippen molar-refractivity contribution in [3.63, 3.8) is 0 Å². The topological polar surface area (TPSA) is 63.2 Å². The van der Waals surface area contributed by atoms with E-state index in [4.69, 9.17) is 9.47 Å². The van der Waals surface area contributed by atoms with Gasteiger partial charge >= 0.3 is 5.97 Å². The normalized spacial score (nSPS) is 29.4. The summed E-state index contributed by atoms with van der Waals surface area (Å²) in [4.78, 5) is 18.6. The van der Waals surface area contributed by atoms with Gasteiger partial charge in [0.15, 0.2) is 5.96 Å². The highest BCUT2D eigenvalue weighted by atomic mass is 127. The fourth-order valence-corrected chi connectivity index (χ4v) is 3.76. The van der Waals surface area contributed by atoms with E-state index in [1.165, 1.54) is 0 Å². The first-order chi connectivity index (χ1) is 11.3. The van der Waals surface area contributed by atoms with Gasteiger partial charge in [0.05, 0.1) is 18.1 Å². The molecule has 1 aliphatic heterocycles. The summed E-state index contributed by atoms with van der Waals surface area (Å²) < 4.78 is 10.8. The van der Waals surface area contributed by atoms with Gasteiger partial charge in [-0.05, 0) is 33.1 Å². The lowest BCUT2D eigenvalue weighted by molar-refractivity contribution is -0.177. The molecule has 1 aliphatic carbocycles. The van der Waals surface area contributed by atoms with Crippen LogP contribution in [0.2, 0.25) is 0 Å². The van der Waals surface area contributed by atoms with Crippen LogP contribution in [0.1, 0.15) is 47.0 Å². The highest BCUT2D eigenvalue weighted by Gasteiger charge is 2.58. The van der Waals surface area contributed by atoms with E-state index in [0.29, 0.717) is 12.6 Å². The van der Waals surface area contributed by atoms with Gasteiger partial charge in [-0.1, -0.05) is 13.8 Å². The first-order valence-electron chi connectivity index (χ1n) is 8.99. The number of rotatable bonds is 4. The minimum absolute atomic E-state index is 0. The number of nitrogens with one attached hydrogen (secondary N) is 1. The molecule has 6 nitrogen and oxygen atoms in total. The third-order valence-electron chi connectivity index (χ3n) is 6.21. The highest BCUT2D eigenvalue weighted by Crippen LogP contribution is 2.51. The number of methoxy groups -OCH3 is 1. The quantitative estimate of drug-likeness (QED) is 0.298. The van der Waals surface area contributed by atoms with Crippen molar-refractivity contribution in [3.8, 4) is 0 Å². The molecular weight excluding hydrogens is 433 g/mol. The molecule has 25 heavy (non-hydrogen) atoms. The average molecular weight is 467 g/mol. The smallest absolute Gasteiger partial charge is 0.309 e. The summed E-state index contributed by atoms with van der Waals surface area (Å²) in [6.45, 7) is 10.6. The van der Waals surface area contributed by atoms with Crippen LogP contribution >= 0.6 is 24.0 Å². The van der Waals surface area contributed by atoms with Gasteiger partial charge in [-0.2, -0.15) is 0 Å². The number of aliphatic imine (C=N–C) groups is 1. The van der Waals surface area contributed by atoms with Crippen LogP contribution in [0.25, 0.3) is 0 Å². The van der Waals surface area contributed by atoms with Crippen molar-refractivity contribution < 1.29 is 14.3 Å². The molecule has 1 saturated carbocycles. The van der Waals surface area contributed by atoms with E-state index in [-0.39, 0.29) is 46.9 Å². The molecule has 0 aromatic heterocycles. The van der Waals surface area contributed by atoms with E-state index >= 15 is 0 Å². The monoisotopic (exact) mass is 467 g/mol. The van der Waals surface area contributed by atoms with Crippen LogP contribution in [0, 0.1) is 11.3 Å². The molecule has 2 rings (SSSR count). The molecule has 2 atom stereocenters. The lowest BCUT2D eigenvalue weighted by atomic mass is 9.56. The molecule has 2 unspecified atom stereocenters. The number of hydrogen-bond acceptors (Lipinski definition) is 4. The third kappa shape index (κ3) is 4.40. The number of nitrogens with zero attached hydrogens (tertiary/aromatic N) is 2. The number of hydrogen-bond donors (Lipinski definition) is 1. The first-order valence-corrected chi connectivity index (χ1v) is 8.99. The summed E-state index contributed by atoms with van der Waals surface area (Å²) in [6.07, 6.45) is 2.61. The predicted octanol–water partition coefficient (Wildman–Crippen LogP) is 2.66. The maximum absolute atomic E-state index is 11.9. The Hall–Kier alpha value is -0.570. The number of likely N-dealkylation sites (tertiary alicyclic amines) is 1. The Morgan fingerprint density at radius 3 is 2.32 bits per heavy atom. The number of ether oxygens (including phenoxy) is 2. The number of carbonyl (C=O) groups excluding carboxylic acids is 1. The Labute approximate surface area is 169 Å². The van der Waals surface area contributed by atoms with Gasteiger partial charge in [0, 0.05) is 38.7 Å². The Morgan fingerprint density at radius 2 is 1.88 bits per heavy atom. The molecule has 146 valence electrons. The van der Waals surface area contributed by atoms with Gasteiger partial charge in [0.1, 0.15) is 0 Å². The summed E-state index contributed by atoms with van der Waals surface area (Å²) in [5.74, 6) is 0.890. The zero-order valence-corrected chi connectivity index (χ0v) is 18.8. The van der Waals surface area contributed by atoms with Crippen LogP contribution in [-0.4, -0.2) is 62.3 Å². The fraction of sp³-hybridized carbons (Fsp3) is 0.889. The van der Waals surface area contributed by atoms with Gasteiger partial charge in [-0.25, -0.2) is 0 Å². The molecule has 1 saturated heterocycles. The average Bonchev–Trinajstić information content (AvgIpc) is 2.58. The molecule has 0 spiro atoms. The SMILES string of the molecule is CCOC(=O)C1CCN(C(=NC)NC2CC(C)(OC)C2(C)C)CC1.I. The highest BCUT2D eigenvalue weighted by molar-refractivity contribution is 14.0. The van der Waals surface area contributed by atoms with Crippen LogP contribution in [0.5, 0.6) is 0 Å². The Bertz CT molecular complexity index is 490. The maximum Gasteiger partial charge on any atom is 0.309 e. The molecule has 0 bridgehead atoms. The van der Waals surface area contributed by atoms with E-state index in [0.717, 1.165) is 38.3 Å². The van der Waals surface area contributed by atoms with Crippen molar-refractivity contribution in [1.82, 2.24) is 10.2 Å². The lowest BCUT2D eigenvalue weighted by Gasteiger charge is -2.59. The van der Waals surface area contributed by atoms with E-state index < -0.39 is 0 Å². The van der Waals surface area contributed by atoms with Crippen molar-refractivity contribution in [2.75, 3.05) is 33.9 Å². The van der Waals surface area contributed by atoms with Gasteiger partial charge in [0.2, 0.25) is 0 Å². The number of halogens is 1. The molecule has 2 fully saturated rings. The molecule has 1 heterocycles. The van der Waals surface area contributed by atoms with Crippen molar-refractivity contribution in [1.29, 1.82) is 0 Å². The Morgan fingerprint density at radius 1 is 1.28 bits per heavy atom. The predicted molar refractivity (Wildman–Crippen MR) is 110 cm³/mol. The van der Waals surface area contributed by atoms with Gasteiger partial charge < -0.3 is 19.7 Å². The number of guanidine groups is 1. The summed E-state index contributed by atoms with van der Waals surface area (Å²) in [5, 5.41) is 3.60. The van der Waals surface area contributed by atoms with Crippen LogP contribution in [-0.2, 0) is 14.3 Å². The maximum atomic E-state index is 11.9. The van der Waals surface area contributed by atoms with Gasteiger partial charge in [-0.15, -0.1) is 24.0 Å². The zero-order chi connectivity index (χ0) is 18.0. The van der Waals surface area contributed by atoms with E-state index in [9.17, 15) is 4.79 Å². The minimum Gasteiger partial charge on any atom is -0.466 e. The Kier molecular flexibility index (Phi) is 7.98. The van der Waals surface area contributed by atoms with Crippen LogP contribution in [0.15, 0.2) is 4.99 Å². The summed E-state index contributed by atoms with van der Waals surface area (Å²) >= 11 is 0. The number of piperidine rings is 1. The standard InChI is InChI=1S/C18H33N3O3.HI/c1-7-24-15(22)13-8-10-21(11-9-13)16(19-5)20-14-12-18(4,23-6)17(14,2)3;/h13-14H,7-12H2,1-6H3,(H,19,20);1H. The van der Waals surface area contributed by atoms with Crippen molar-refractivity contribution in [2.45, 2.75) is 58.6 Å². The molecule has 2 aliphatic rings. The molecular formula is C18H34IN3O3. The van der Waals surface area contributed by atoms with Crippen LogP contribution < -0.4 is 5.32 Å². The molecule has 7 heteroatoms. The third-order valence-corrected chi connectivity index (χ3v) is 6.21. The molecule has 0 radical (unpaired) electrons. The number of carbonyl (C=O) groups is 1. The van der Waals surface area contributed by atoms with Crippen LogP contribution in [0.3, 0.4) is 0 Å². The molecule has 1 N–H and O–H groups in total. The van der Waals surface area contributed by atoms with Gasteiger partial charge in [0.25, 0.3) is 0 Å². The van der Waals surface area contributed by atoms with E-state index in [1.54, 1.807) is 7.11 Å². The Balaban J connectivity index is 0.00000312. The summed E-state index contributed by atoms with van der Waals surface area (Å²) in [7, 11) is 3.61. The summed E-state index contributed by atoms with van der Waals surface area (Å²) in [5.41, 5.74) is -0.0542.